The minimum absolute atomic E-state index is 0.0290. The maximum absolute atomic E-state index is 6.28. The van der Waals surface area contributed by atoms with E-state index < -0.39 is 0 Å². The molecule has 2 rings (SSSR count). The number of hydrogen-bond acceptors (Lipinski definition) is 2. The van der Waals surface area contributed by atoms with Crippen molar-refractivity contribution in [2.45, 2.75) is 13.0 Å². The van der Waals surface area contributed by atoms with Crippen LogP contribution in [0.5, 0.6) is 5.75 Å². The highest BCUT2D eigenvalue weighted by atomic mass is 35.5. The molecule has 0 radical (unpaired) electrons. The molecule has 1 atom stereocenters. The lowest BCUT2D eigenvalue weighted by atomic mass is 10.1. The molecule has 0 aliphatic heterocycles. The van der Waals surface area contributed by atoms with E-state index in [9.17, 15) is 0 Å². The highest BCUT2D eigenvalue weighted by Crippen LogP contribution is 2.33. The molecule has 0 aliphatic carbocycles. The van der Waals surface area contributed by atoms with Crippen LogP contribution in [0.4, 0.5) is 0 Å². The molecule has 2 aromatic rings. The minimum Gasteiger partial charge on any atom is -0.488 e. The van der Waals surface area contributed by atoms with Gasteiger partial charge in [-0.15, -0.1) is 0 Å². The van der Waals surface area contributed by atoms with E-state index in [1.165, 1.54) is 0 Å². The van der Waals surface area contributed by atoms with E-state index in [0.717, 1.165) is 10.8 Å². The summed E-state index contributed by atoms with van der Waals surface area (Å²) in [7, 11) is 0. The van der Waals surface area contributed by atoms with E-state index in [1.807, 2.05) is 43.3 Å². The Hall–Kier alpha value is -1.25. The minimum atomic E-state index is -0.0290. The molecule has 3 heteroatoms. The topological polar surface area (TPSA) is 35.2 Å². The summed E-state index contributed by atoms with van der Waals surface area (Å²) < 4.78 is 5.65. The van der Waals surface area contributed by atoms with Crippen LogP contribution < -0.4 is 10.5 Å². The number of benzene rings is 2. The van der Waals surface area contributed by atoms with E-state index in [1.54, 1.807) is 0 Å². The number of ether oxygens (including phenoxy) is 1. The molecular weight excluding hydrogens is 222 g/mol. The standard InChI is InChI=1S/C13H14ClNO/c1-9(8-15)16-12-7-6-10-4-2-3-5-11(10)13(12)14/h2-7,9H,8,15H2,1H3. The Morgan fingerprint density at radius 2 is 2.00 bits per heavy atom. The second-order valence-electron chi connectivity index (χ2n) is 3.76. The monoisotopic (exact) mass is 235 g/mol. The summed E-state index contributed by atoms with van der Waals surface area (Å²) in [5.74, 6) is 0.693. The molecule has 0 amide bonds. The van der Waals surface area contributed by atoms with Gasteiger partial charge in [0.15, 0.2) is 0 Å². The summed E-state index contributed by atoms with van der Waals surface area (Å²) in [6.07, 6.45) is -0.0290. The van der Waals surface area contributed by atoms with Gasteiger partial charge >= 0.3 is 0 Å². The predicted molar refractivity (Wildman–Crippen MR) is 68.1 cm³/mol. The number of rotatable bonds is 3. The number of fused-ring (bicyclic) bond motifs is 1. The molecule has 2 nitrogen and oxygen atoms in total. The SMILES string of the molecule is CC(CN)Oc1ccc2ccccc2c1Cl. The van der Waals surface area contributed by atoms with Crippen LogP contribution in [-0.2, 0) is 0 Å². The molecule has 0 fully saturated rings. The third-order valence-electron chi connectivity index (χ3n) is 2.49. The lowest BCUT2D eigenvalue weighted by Crippen LogP contribution is -2.22. The zero-order valence-electron chi connectivity index (χ0n) is 9.11. The van der Waals surface area contributed by atoms with Crippen LogP contribution in [0.15, 0.2) is 36.4 Å². The summed E-state index contributed by atoms with van der Waals surface area (Å²) in [4.78, 5) is 0. The maximum Gasteiger partial charge on any atom is 0.139 e. The smallest absolute Gasteiger partial charge is 0.139 e. The van der Waals surface area contributed by atoms with Gasteiger partial charge in [0.1, 0.15) is 11.9 Å². The third kappa shape index (κ3) is 2.13. The first kappa shape index (κ1) is 11.2. The first-order chi connectivity index (χ1) is 7.72. The molecule has 2 aromatic carbocycles. The van der Waals surface area contributed by atoms with Crippen molar-refractivity contribution in [2.24, 2.45) is 5.73 Å². The summed E-state index contributed by atoms with van der Waals surface area (Å²) in [5.41, 5.74) is 5.51. The summed E-state index contributed by atoms with van der Waals surface area (Å²) in [6.45, 7) is 2.40. The zero-order chi connectivity index (χ0) is 11.5. The zero-order valence-corrected chi connectivity index (χ0v) is 9.87. The highest BCUT2D eigenvalue weighted by Gasteiger charge is 2.08. The van der Waals surface area contributed by atoms with Gasteiger partial charge in [-0.2, -0.15) is 0 Å². The Morgan fingerprint density at radius 3 is 2.75 bits per heavy atom. The van der Waals surface area contributed by atoms with Gasteiger partial charge in [-0.1, -0.05) is 41.9 Å². The fraction of sp³-hybridized carbons (Fsp3) is 0.231. The van der Waals surface area contributed by atoms with Crippen molar-refractivity contribution < 1.29 is 4.74 Å². The van der Waals surface area contributed by atoms with Gasteiger partial charge in [0, 0.05) is 11.9 Å². The molecule has 0 saturated heterocycles. The van der Waals surface area contributed by atoms with E-state index in [4.69, 9.17) is 22.1 Å². The Balaban J connectivity index is 2.44. The van der Waals surface area contributed by atoms with Crippen LogP contribution >= 0.6 is 11.6 Å². The highest BCUT2D eigenvalue weighted by molar-refractivity contribution is 6.37. The van der Waals surface area contributed by atoms with Gasteiger partial charge < -0.3 is 10.5 Å². The van der Waals surface area contributed by atoms with Crippen molar-refractivity contribution in [1.29, 1.82) is 0 Å². The van der Waals surface area contributed by atoms with Crippen LogP contribution in [0.25, 0.3) is 10.8 Å². The maximum atomic E-state index is 6.28. The molecule has 0 saturated carbocycles. The molecule has 0 bridgehead atoms. The average Bonchev–Trinajstić information content (AvgIpc) is 2.33. The van der Waals surface area contributed by atoms with Crippen molar-refractivity contribution >= 4 is 22.4 Å². The summed E-state index contributed by atoms with van der Waals surface area (Å²) in [6, 6.07) is 11.8. The number of nitrogens with two attached hydrogens (primary N) is 1. The summed E-state index contributed by atoms with van der Waals surface area (Å²) in [5, 5.41) is 2.77. The second-order valence-corrected chi connectivity index (χ2v) is 4.14. The number of halogens is 1. The molecule has 0 aromatic heterocycles. The lowest BCUT2D eigenvalue weighted by Gasteiger charge is -2.14. The van der Waals surface area contributed by atoms with Crippen LogP contribution in [0.2, 0.25) is 5.02 Å². The Kier molecular flexibility index (Phi) is 3.32. The Labute approximate surface area is 100.0 Å². The first-order valence-electron chi connectivity index (χ1n) is 5.26. The number of hydrogen-bond donors (Lipinski definition) is 1. The van der Waals surface area contributed by atoms with Gasteiger partial charge in [-0.3, -0.25) is 0 Å². The van der Waals surface area contributed by atoms with Crippen molar-refractivity contribution in [3.05, 3.63) is 41.4 Å². The van der Waals surface area contributed by atoms with Crippen LogP contribution in [0, 0.1) is 0 Å². The molecule has 0 spiro atoms. The van der Waals surface area contributed by atoms with E-state index >= 15 is 0 Å². The van der Waals surface area contributed by atoms with Crippen LogP contribution in [0.3, 0.4) is 0 Å². The lowest BCUT2D eigenvalue weighted by molar-refractivity contribution is 0.230. The third-order valence-corrected chi connectivity index (χ3v) is 2.88. The quantitative estimate of drug-likeness (QED) is 0.887. The van der Waals surface area contributed by atoms with Gasteiger partial charge in [0.05, 0.1) is 5.02 Å². The predicted octanol–water partition coefficient (Wildman–Crippen LogP) is 3.22. The molecule has 84 valence electrons. The Bertz CT molecular complexity index is 498. The van der Waals surface area contributed by atoms with Crippen LogP contribution in [0.1, 0.15) is 6.92 Å². The van der Waals surface area contributed by atoms with Gasteiger partial charge in [0.2, 0.25) is 0 Å². The molecule has 16 heavy (non-hydrogen) atoms. The second kappa shape index (κ2) is 4.73. The average molecular weight is 236 g/mol. The van der Waals surface area contributed by atoms with Crippen molar-refractivity contribution in [2.75, 3.05) is 6.54 Å². The molecular formula is C13H14ClNO. The van der Waals surface area contributed by atoms with E-state index in [0.29, 0.717) is 17.3 Å². The van der Waals surface area contributed by atoms with Crippen molar-refractivity contribution in [3.63, 3.8) is 0 Å². The van der Waals surface area contributed by atoms with Gasteiger partial charge in [-0.25, -0.2) is 0 Å². The fourth-order valence-electron chi connectivity index (χ4n) is 1.57. The molecule has 1 unspecified atom stereocenters. The molecule has 0 aliphatic rings. The fourth-order valence-corrected chi connectivity index (χ4v) is 1.85. The molecule has 2 N–H and O–H groups in total. The van der Waals surface area contributed by atoms with E-state index in [-0.39, 0.29) is 6.10 Å². The van der Waals surface area contributed by atoms with Crippen LogP contribution in [-0.4, -0.2) is 12.6 Å². The largest absolute Gasteiger partial charge is 0.488 e. The van der Waals surface area contributed by atoms with Gasteiger partial charge in [0.25, 0.3) is 0 Å². The normalized spacial score (nSPS) is 12.7. The molecule has 0 heterocycles. The van der Waals surface area contributed by atoms with Gasteiger partial charge in [-0.05, 0) is 18.4 Å². The van der Waals surface area contributed by atoms with Crippen molar-refractivity contribution in [1.82, 2.24) is 0 Å². The Morgan fingerprint density at radius 1 is 1.25 bits per heavy atom. The first-order valence-corrected chi connectivity index (χ1v) is 5.64. The van der Waals surface area contributed by atoms with Crippen molar-refractivity contribution in [3.8, 4) is 5.75 Å². The van der Waals surface area contributed by atoms with E-state index in [2.05, 4.69) is 0 Å². The summed E-state index contributed by atoms with van der Waals surface area (Å²) >= 11 is 6.28.